The maximum atomic E-state index is 14.2. The zero-order chi connectivity index (χ0) is 31.3. The molecule has 0 spiro atoms. The second-order valence-corrected chi connectivity index (χ2v) is 12.5. The number of amides is 2. The zero-order valence-corrected chi connectivity index (χ0v) is 27.3. The number of hydrogen-bond donors (Lipinski definition) is 1. The highest BCUT2D eigenvalue weighted by molar-refractivity contribution is 9.10. The summed E-state index contributed by atoms with van der Waals surface area (Å²) in [5.74, 6) is -0.143. The van der Waals surface area contributed by atoms with Gasteiger partial charge in [-0.15, -0.1) is 0 Å². The van der Waals surface area contributed by atoms with Crippen molar-refractivity contribution in [3.8, 4) is 0 Å². The van der Waals surface area contributed by atoms with E-state index in [2.05, 4.69) is 26.3 Å². The first-order valence-electron chi connectivity index (χ1n) is 14.6. The van der Waals surface area contributed by atoms with Gasteiger partial charge in [-0.2, -0.15) is 9.61 Å². The van der Waals surface area contributed by atoms with Crippen LogP contribution in [0.2, 0.25) is 0 Å². The summed E-state index contributed by atoms with van der Waals surface area (Å²) < 4.78 is 9.24. The van der Waals surface area contributed by atoms with Crippen molar-refractivity contribution in [2.45, 2.75) is 72.6 Å². The van der Waals surface area contributed by atoms with Crippen molar-refractivity contribution >= 4 is 33.4 Å². The summed E-state index contributed by atoms with van der Waals surface area (Å²) in [5.41, 5.74) is 3.69. The van der Waals surface area contributed by atoms with Crippen LogP contribution in [0.15, 0.2) is 69.9 Å². The Hall–Kier alpha value is -3.92. The molecule has 0 saturated carbocycles. The summed E-state index contributed by atoms with van der Waals surface area (Å²) in [6, 6.07) is 18.8. The second kappa shape index (κ2) is 13.6. The van der Waals surface area contributed by atoms with Crippen molar-refractivity contribution in [2.24, 2.45) is 0 Å². The molecule has 0 bridgehead atoms. The molecule has 2 amide bonds. The van der Waals surface area contributed by atoms with E-state index in [1.807, 2.05) is 107 Å². The second-order valence-electron chi connectivity index (χ2n) is 11.7. The van der Waals surface area contributed by atoms with Crippen LogP contribution in [0.4, 0.5) is 4.79 Å². The van der Waals surface area contributed by atoms with E-state index in [0.29, 0.717) is 54.9 Å². The molecule has 2 heterocycles. The molecule has 4 aromatic rings. The minimum Gasteiger partial charge on any atom is -0.444 e. The van der Waals surface area contributed by atoms with E-state index in [1.54, 1.807) is 4.57 Å². The molecule has 228 valence electrons. The van der Waals surface area contributed by atoms with Gasteiger partial charge in [0, 0.05) is 24.3 Å². The number of alkyl carbamates (subject to hydrolysis) is 1. The fraction of sp³-hybridized carbons (Fsp3) is 0.394. The van der Waals surface area contributed by atoms with Gasteiger partial charge in [0.2, 0.25) is 0 Å². The third-order valence-electron chi connectivity index (χ3n) is 7.09. The average Bonchev–Trinajstić information content (AvgIpc) is 3.24. The number of carbonyl (C=O) groups excluding carboxylic acids is 2. The van der Waals surface area contributed by atoms with E-state index in [0.717, 1.165) is 15.6 Å². The minimum absolute atomic E-state index is 0.143. The van der Waals surface area contributed by atoms with Crippen LogP contribution in [0.5, 0.6) is 0 Å². The van der Waals surface area contributed by atoms with Crippen LogP contribution in [0.3, 0.4) is 0 Å². The number of halogens is 1. The first kappa shape index (κ1) is 32.0. The molecule has 0 aliphatic heterocycles. The van der Waals surface area contributed by atoms with Crippen molar-refractivity contribution in [3.05, 3.63) is 104 Å². The highest BCUT2D eigenvalue weighted by atomic mass is 79.9. The normalized spacial score (nSPS) is 12.3. The predicted molar refractivity (Wildman–Crippen MR) is 172 cm³/mol. The van der Waals surface area contributed by atoms with E-state index >= 15 is 0 Å². The molecule has 1 N–H and O–H groups in total. The van der Waals surface area contributed by atoms with E-state index < -0.39 is 17.7 Å². The van der Waals surface area contributed by atoms with E-state index in [4.69, 9.17) is 4.74 Å². The van der Waals surface area contributed by atoms with Crippen molar-refractivity contribution in [1.29, 1.82) is 0 Å². The summed E-state index contributed by atoms with van der Waals surface area (Å²) in [6.45, 7) is 12.3. The maximum Gasteiger partial charge on any atom is 0.407 e. The lowest BCUT2D eigenvalue weighted by molar-refractivity contribution is 0.0523. The number of hydrogen-bond acceptors (Lipinski definition) is 5. The third-order valence-corrected chi connectivity index (χ3v) is 8.07. The first-order chi connectivity index (χ1) is 20.4. The predicted octanol–water partition coefficient (Wildman–Crippen LogP) is 6.43. The van der Waals surface area contributed by atoms with Crippen molar-refractivity contribution in [1.82, 2.24) is 24.4 Å². The lowest BCUT2D eigenvalue weighted by Crippen LogP contribution is -2.41. The largest absolute Gasteiger partial charge is 0.444 e. The molecular formula is C33H40BrN5O4. The Balaban J connectivity index is 1.77. The molecule has 43 heavy (non-hydrogen) atoms. The van der Waals surface area contributed by atoms with Crippen LogP contribution < -0.4 is 11.0 Å². The maximum absolute atomic E-state index is 14.2. The number of nitrogens with zero attached hydrogens (tertiary/aromatic N) is 4. The monoisotopic (exact) mass is 649 g/mol. The summed E-state index contributed by atoms with van der Waals surface area (Å²) in [6.07, 6.45) is 0.555. The summed E-state index contributed by atoms with van der Waals surface area (Å²) >= 11 is 3.61. The summed E-state index contributed by atoms with van der Waals surface area (Å²) in [5, 5.41) is 7.28. The van der Waals surface area contributed by atoms with Gasteiger partial charge in [-0.3, -0.25) is 9.36 Å². The molecule has 0 fully saturated rings. The van der Waals surface area contributed by atoms with Crippen molar-refractivity contribution in [3.63, 3.8) is 0 Å². The standard InChI is InChI=1S/C33H40BrN5O4/c1-7-26(27-20-28-29(34)23(3)36-39(28)32(42)38(27)21-24-14-9-8-10-15-24)37(30(40)25-16-11-13-22(2)19-25)18-12-17-35-31(41)43-33(4,5)6/h8-11,13-16,19-20,26H,7,12,17-18,21H2,1-6H3,(H,35,41)/t26-/m1/s1. The highest BCUT2D eigenvalue weighted by Gasteiger charge is 2.29. The number of nitrogens with one attached hydrogen (secondary N) is 1. The van der Waals surface area contributed by atoms with Gasteiger partial charge in [-0.05, 0) is 87.2 Å². The zero-order valence-electron chi connectivity index (χ0n) is 25.7. The molecule has 0 aliphatic rings. The van der Waals surface area contributed by atoms with Gasteiger partial charge >= 0.3 is 11.8 Å². The van der Waals surface area contributed by atoms with Crippen LogP contribution in [0, 0.1) is 13.8 Å². The summed E-state index contributed by atoms with van der Waals surface area (Å²) in [4.78, 5) is 42.2. The van der Waals surface area contributed by atoms with Gasteiger partial charge in [0.1, 0.15) is 5.60 Å². The molecule has 4 rings (SSSR count). The number of ether oxygens (including phenoxy) is 1. The van der Waals surface area contributed by atoms with Crippen LogP contribution >= 0.6 is 15.9 Å². The Kier molecular flexibility index (Phi) is 10.1. The quantitative estimate of drug-likeness (QED) is 0.200. The Morgan fingerprint density at radius 2 is 1.79 bits per heavy atom. The Bertz CT molecular complexity index is 1660. The Morgan fingerprint density at radius 3 is 2.44 bits per heavy atom. The number of carbonyl (C=O) groups is 2. The number of aromatic nitrogens is 3. The fourth-order valence-corrected chi connectivity index (χ4v) is 5.49. The number of rotatable bonds is 10. The molecule has 10 heteroatoms. The van der Waals surface area contributed by atoms with Gasteiger partial charge < -0.3 is 15.0 Å². The molecule has 0 unspecified atom stereocenters. The van der Waals surface area contributed by atoms with Crippen LogP contribution in [-0.2, 0) is 11.3 Å². The first-order valence-corrected chi connectivity index (χ1v) is 15.4. The number of aryl methyl sites for hydroxylation is 2. The molecule has 9 nitrogen and oxygen atoms in total. The van der Waals surface area contributed by atoms with Gasteiger partial charge in [0.05, 0.1) is 28.3 Å². The van der Waals surface area contributed by atoms with E-state index in [1.165, 1.54) is 4.52 Å². The SMILES string of the molecule is CC[C@H](c1cc2c(Br)c(C)nn2c(=O)n1Cc1ccccc1)N(CCCNC(=O)OC(C)(C)C)C(=O)c1cccc(C)c1. The molecule has 2 aromatic heterocycles. The number of fused-ring (bicyclic) bond motifs is 1. The van der Waals surface area contributed by atoms with Crippen LogP contribution in [-0.4, -0.2) is 49.8 Å². The molecule has 0 saturated heterocycles. The molecular weight excluding hydrogens is 610 g/mol. The van der Waals surface area contributed by atoms with E-state index in [9.17, 15) is 14.4 Å². The van der Waals surface area contributed by atoms with Gasteiger partial charge in [-0.25, -0.2) is 9.59 Å². The smallest absolute Gasteiger partial charge is 0.407 e. The van der Waals surface area contributed by atoms with Gasteiger partial charge in [0.15, 0.2) is 0 Å². The topological polar surface area (TPSA) is 97.9 Å². The van der Waals surface area contributed by atoms with Crippen molar-refractivity contribution in [2.75, 3.05) is 13.1 Å². The van der Waals surface area contributed by atoms with Crippen LogP contribution in [0.25, 0.3) is 5.52 Å². The third kappa shape index (κ3) is 7.73. The van der Waals surface area contributed by atoms with Crippen molar-refractivity contribution < 1.29 is 14.3 Å². The summed E-state index contributed by atoms with van der Waals surface area (Å²) in [7, 11) is 0. The minimum atomic E-state index is -0.605. The van der Waals surface area contributed by atoms with Crippen LogP contribution in [0.1, 0.15) is 79.5 Å². The van der Waals surface area contributed by atoms with Gasteiger partial charge in [0.25, 0.3) is 5.91 Å². The number of benzene rings is 2. The molecule has 2 aromatic carbocycles. The van der Waals surface area contributed by atoms with E-state index in [-0.39, 0.29) is 11.6 Å². The Morgan fingerprint density at radius 1 is 1.07 bits per heavy atom. The molecule has 1 atom stereocenters. The lowest BCUT2D eigenvalue weighted by atomic mass is 10.0. The lowest BCUT2D eigenvalue weighted by Gasteiger charge is -2.33. The Labute approximate surface area is 261 Å². The van der Waals surface area contributed by atoms with Gasteiger partial charge in [-0.1, -0.05) is 55.0 Å². The highest BCUT2D eigenvalue weighted by Crippen LogP contribution is 2.30. The molecule has 0 radical (unpaired) electrons. The molecule has 0 aliphatic carbocycles. The average molecular weight is 651 g/mol. The fourth-order valence-electron chi connectivity index (χ4n) is 5.13.